The van der Waals surface area contributed by atoms with Crippen LogP contribution >= 0.6 is 0 Å². The Morgan fingerprint density at radius 3 is 0.657 bits per heavy atom. The molecule has 9 rings (SSSR count). The van der Waals surface area contributed by atoms with Crippen LogP contribution < -0.4 is 41.5 Å². The predicted octanol–water partition coefficient (Wildman–Crippen LogP) is 5.96. The molecule has 1 aliphatic rings. The SMILES string of the molecule is C1=CC[N-]C=C1.CC(C)(C)[N]=[Mo].O[Si](O[Si](O)(c1ccccc1)c1ccccc1)(c1ccccc1)c1ccccc1.O[Si](O[Si](O)(c1ccccc1)c1ccccc1)(c1ccccc1)c1ccccc1. The molecule has 8 aromatic rings. The van der Waals surface area contributed by atoms with Gasteiger partial charge >= 0.3 is 83.7 Å². The van der Waals surface area contributed by atoms with E-state index in [0.717, 1.165) is 6.54 Å². The second-order valence-corrected chi connectivity index (χ2v) is 29.0. The van der Waals surface area contributed by atoms with E-state index in [1.165, 1.54) is 0 Å². The molecule has 70 heavy (non-hydrogen) atoms. The Bertz CT molecular complexity index is 2300. The van der Waals surface area contributed by atoms with E-state index in [1.54, 1.807) is 25.8 Å². The van der Waals surface area contributed by atoms with Crippen LogP contribution in [0.4, 0.5) is 0 Å². The van der Waals surface area contributed by atoms with Crippen LogP contribution in [-0.2, 0) is 27.9 Å². The van der Waals surface area contributed by atoms with E-state index >= 15 is 0 Å². The zero-order chi connectivity index (χ0) is 49.8. The van der Waals surface area contributed by atoms with Gasteiger partial charge in [0.1, 0.15) is 0 Å². The zero-order valence-corrected chi connectivity index (χ0v) is 45.5. The molecular weight excluding hydrogens is 1020 g/mol. The van der Waals surface area contributed by atoms with E-state index in [2.05, 4.69) is 29.6 Å². The molecule has 356 valence electrons. The van der Waals surface area contributed by atoms with Crippen LogP contribution in [-0.4, -0.2) is 65.5 Å². The fourth-order valence-electron chi connectivity index (χ4n) is 7.25. The standard InChI is InChI=1S/2C24H22O3Si2.C5H6N.C4H9N.Mo/c2*25-28(21-13-5-1-6-14-21,22-15-7-2-8-16-22)27-29(26,23-17-9-3-10-18-23)24-19-11-4-12-20-24;1-2-4-6-5-3-1;1-4(2,3)5;/h2*1-20,25-26H;1-4H,5H2;1-3H3;/q;;-1;;. The normalized spacial score (nSPS) is 12.3. The monoisotopic (exact) mass is 1080 g/mol. The number of hydrogen-bond acceptors (Lipinski definition) is 7. The van der Waals surface area contributed by atoms with Crippen molar-refractivity contribution in [3.05, 3.63) is 272 Å². The van der Waals surface area contributed by atoms with E-state index < -0.39 is 34.2 Å². The fourth-order valence-corrected chi connectivity index (χ4v) is 20.9. The fraction of sp³-hybridized carbons (Fsp3) is 0.0877. The minimum atomic E-state index is -3.69. The van der Waals surface area contributed by atoms with E-state index in [4.69, 9.17) is 8.23 Å². The van der Waals surface area contributed by atoms with Crippen molar-refractivity contribution in [2.45, 2.75) is 26.3 Å². The van der Waals surface area contributed by atoms with Crippen LogP contribution in [0.5, 0.6) is 0 Å². The van der Waals surface area contributed by atoms with Gasteiger partial charge in [-0.1, -0.05) is 255 Å². The van der Waals surface area contributed by atoms with Gasteiger partial charge in [0.15, 0.2) is 0 Å². The van der Waals surface area contributed by atoms with Crippen LogP contribution in [0, 0.1) is 0 Å². The molecule has 13 heteroatoms. The number of benzene rings is 8. The minimum absolute atomic E-state index is 0.171. The van der Waals surface area contributed by atoms with Crippen molar-refractivity contribution in [2.75, 3.05) is 6.54 Å². The quantitative estimate of drug-likeness (QED) is 0.112. The molecule has 8 aromatic carbocycles. The van der Waals surface area contributed by atoms with Gasteiger partial charge in [-0.05, 0) is 41.5 Å². The van der Waals surface area contributed by atoms with Gasteiger partial charge < -0.3 is 32.7 Å². The molecule has 0 spiro atoms. The largest absolute Gasteiger partial charge is 0.404 e. The second-order valence-electron chi connectivity index (χ2n) is 17.1. The Labute approximate surface area is 428 Å². The maximum atomic E-state index is 12.0. The van der Waals surface area contributed by atoms with Gasteiger partial charge in [0.25, 0.3) is 0 Å². The van der Waals surface area contributed by atoms with Gasteiger partial charge in [-0.15, -0.1) is 12.6 Å². The molecule has 8 nitrogen and oxygen atoms in total. The van der Waals surface area contributed by atoms with Crippen molar-refractivity contribution in [1.82, 2.24) is 0 Å². The Hall–Kier alpha value is -5.84. The van der Waals surface area contributed by atoms with Gasteiger partial charge in [0.05, 0.1) is 0 Å². The van der Waals surface area contributed by atoms with E-state index in [-0.39, 0.29) is 5.54 Å². The van der Waals surface area contributed by atoms with Gasteiger partial charge in [-0.25, -0.2) is 0 Å². The molecule has 0 unspecified atom stereocenters. The molecule has 0 amide bonds. The number of allylic oxidation sites excluding steroid dienone is 2. The molecule has 0 radical (unpaired) electrons. The average molecular weight is 1080 g/mol. The first-order valence-electron chi connectivity index (χ1n) is 22.9. The van der Waals surface area contributed by atoms with Crippen molar-refractivity contribution < 1.29 is 47.0 Å². The Morgan fingerprint density at radius 1 is 0.371 bits per heavy atom. The summed E-state index contributed by atoms with van der Waals surface area (Å²) in [5.41, 5.74) is 0.171. The van der Waals surface area contributed by atoms with Crippen molar-refractivity contribution in [3.63, 3.8) is 0 Å². The van der Waals surface area contributed by atoms with Gasteiger partial charge in [-0.3, -0.25) is 0 Å². The molecule has 0 saturated heterocycles. The molecule has 0 aliphatic carbocycles. The van der Waals surface area contributed by atoms with Crippen LogP contribution in [0.15, 0.2) is 271 Å². The first-order chi connectivity index (χ1) is 33.8. The van der Waals surface area contributed by atoms with Crippen molar-refractivity contribution in [1.29, 1.82) is 0 Å². The topological polar surface area (TPSA) is 126 Å². The van der Waals surface area contributed by atoms with E-state index in [9.17, 15) is 19.2 Å². The summed E-state index contributed by atoms with van der Waals surface area (Å²) in [6.45, 7) is 7.09. The molecule has 1 heterocycles. The molecule has 4 N–H and O–H groups in total. The van der Waals surface area contributed by atoms with Crippen molar-refractivity contribution in [3.8, 4) is 0 Å². The van der Waals surface area contributed by atoms with Crippen molar-refractivity contribution >= 4 is 75.7 Å². The molecule has 0 atom stereocenters. The predicted molar refractivity (Wildman–Crippen MR) is 291 cm³/mol. The Kier molecular flexibility index (Phi) is 19.8. The van der Waals surface area contributed by atoms with Crippen molar-refractivity contribution in [2.24, 2.45) is 3.50 Å². The molecule has 0 aromatic heterocycles. The van der Waals surface area contributed by atoms with Crippen LogP contribution in [0.2, 0.25) is 0 Å². The third-order valence-electron chi connectivity index (χ3n) is 10.8. The summed E-state index contributed by atoms with van der Waals surface area (Å²) in [7, 11) is -14.8. The molecular formula is C57H59MoN2O6Si4-. The first-order valence-corrected chi connectivity index (χ1v) is 31.2. The maximum Gasteiger partial charge on any atom is 0.396 e. The Morgan fingerprint density at radius 2 is 0.557 bits per heavy atom. The number of nitrogens with zero attached hydrogens (tertiary/aromatic N) is 2. The molecule has 0 bridgehead atoms. The maximum absolute atomic E-state index is 12.0. The summed E-state index contributed by atoms with van der Waals surface area (Å²) in [5.74, 6) is 0. The average Bonchev–Trinajstić information content (AvgIpc) is 3.43. The van der Waals surface area contributed by atoms with Crippen LogP contribution in [0.3, 0.4) is 0 Å². The van der Waals surface area contributed by atoms with Gasteiger partial charge in [0, 0.05) is 0 Å². The number of rotatable bonds is 12. The summed E-state index contributed by atoms with van der Waals surface area (Å²) in [5, 5.41) is 9.49. The smallest absolute Gasteiger partial charge is 0.396 e. The number of hydrogen-bond donors (Lipinski definition) is 4. The first kappa shape index (κ1) is 53.5. The minimum Gasteiger partial charge on any atom is -0.404 e. The molecule has 1 aliphatic heterocycles. The third kappa shape index (κ3) is 14.4. The van der Waals surface area contributed by atoms with Gasteiger partial charge in [0.2, 0.25) is 0 Å². The van der Waals surface area contributed by atoms with Gasteiger partial charge in [-0.2, -0.15) is 6.20 Å². The zero-order valence-electron chi connectivity index (χ0n) is 39.5. The molecule has 0 fully saturated rings. The van der Waals surface area contributed by atoms with Crippen LogP contribution in [0.25, 0.3) is 5.32 Å². The third-order valence-corrected chi connectivity index (χ3v) is 25.8. The van der Waals surface area contributed by atoms with E-state index in [0.29, 0.717) is 41.5 Å². The summed E-state index contributed by atoms with van der Waals surface area (Å²) < 4.78 is 17.1. The summed E-state index contributed by atoms with van der Waals surface area (Å²) in [6.07, 6.45) is 7.73. The summed E-state index contributed by atoms with van der Waals surface area (Å²) in [4.78, 5) is 48.0. The van der Waals surface area contributed by atoms with E-state index in [1.807, 2.05) is 261 Å². The second kappa shape index (κ2) is 25.8. The summed E-state index contributed by atoms with van der Waals surface area (Å²) in [6, 6.07) is 75.2. The van der Waals surface area contributed by atoms with Crippen LogP contribution in [0.1, 0.15) is 20.8 Å². The molecule has 0 saturated carbocycles. The Balaban J connectivity index is 0.000000186. The summed E-state index contributed by atoms with van der Waals surface area (Å²) >= 11 is 1.77.